The Balaban J connectivity index is 1.69. The summed E-state index contributed by atoms with van der Waals surface area (Å²) in [7, 11) is 0. The largest absolute Gasteiger partial charge is 0.396 e. The van der Waals surface area contributed by atoms with Gasteiger partial charge in [0.2, 0.25) is 0 Å². The average Bonchev–Trinajstić information content (AvgIpc) is 2.66. The number of aliphatic hydroxyl groups excluding tert-OH is 1. The maximum Gasteiger partial charge on any atom is 0.0460 e. The molecule has 0 amide bonds. The molecule has 2 N–H and O–H groups in total. The first kappa shape index (κ1) is 17.6. The molecular weight excluding hydrogens is 320 g/mol. The fourth-order valence-corrected chi connectivity index (χ4v) is 4.69. The fraction of sp³-hybridized carbons (Fsp3) is 0.478. The van der Waals surface area contributed by atoms with Crippen LogP contribution in [0.25, 0.3) is 11.1 Å². The van der Waals surface area contributed by atoms with Crippen LogP contribution < -0.4 is 10.2 Å². The third-order valence-electron chi connectivity index (χ3n) is 6.23. The van der Waals surface area contributed by atoms with Gasteiger partial charge >= 0.3 is 0 Å². The van der Waals surface area contributed by atoms with E-state index in [1.807, 2.05) is 0 Å². The van der Waals surface area contributed by atoms with Crippen LogP contribution in [0.5, 0.6) is 0 Å². The van der Waals surface area contributed by atoms with Gasteiger partial charge in [-0.05, 0) is 74.4 Å². The number of rotatable bonds is 5. The molecule has 0 unspecified atom stereocenters. The molecule has 0 bridgehead atoms. The van der Waals surface area contributed by atoms with Crippen molar-refractivity contribution in [1.82, 2.24) is 5.32 Å². The molecule has 4 rings (SSSR count). The Kier molecular flexibility index (Phi) is 5.28. The van der Waals surface area contributed by atoms with E-state index in [9.17, 15) is 5.11 Å². The molecule has 2 fully saturated rings. The lowest BCUT2D eigenvalue weighted by Gasteiger charge is -2.49. The van der Waals surface area contributed by atoms with Crippen LogP contribution in [0.2, 0.25) is 0 Å². The Hall–Kier alpha value is -1.84. The predicted molar refractivity (Wildman–Crippen MR) is 109 cm³/mol. The van der Waals surface area contributed by atoms with Gasteiger partial charge in [0.05, 0.1) is 0 Å². The van der Waals surface area contributed by atoms with Crippen molar-refractivity contribution in [2.75, 3.05) is 24.6 Å². The molecule has 2 aliphatic rings. The molecule has 0 aromatic heterocycles. The first-order chi connectivity index (χ1) is 12.8. The molecule has 2 aromatic carbocycles. The second kappa shape index (κ2) is 7.81. The Morgan fingerprint density at radius 3 is 2.38 bits per heavy atom. The SMILES string of the molecule is Cc1c(-c2ccccc2)cccc1N(C1CCNCC1)C1CC(CO)C1. The summed E-state index contributed by atoms with van der Waals surface area (Å²) in [5.74, 6) is 0.488. The van der Waals surface area contributed by atoms with E-state index in [2.05, 4.69) is 65.7 Å². The molecule has 1 heterocycles. The van der Waals surface area contributed by atoms with E-state index in [-0.39, 0.29) is 0 Å². The quantitative estimate of drug-likeness (QED) is 0.856. The highest BCUT2D eigenvalue weighted by Gasteiger charge is 2.37. The molecule has 1 saturated carbocycles. The van der Waals surface area contributed by atoms with Crippen LogP contribution in [0, 0.1) is 12.8 Å². The predicted octanol–water partition coefficient (Wildman–Crippen LogP) is 3.99. The Labute approximate surface area is 157 Å². The normalized spacial score (nSPS) is 23.5. The minimum absolute atomic E-state index is 0.333. The van der Waals surface area contributed by atoms with Crippen molar-refractivity contribution in [1.29, 1.82) is 0 Å². The number of hydrogen-bond donors (Lipinski definition) is 2. The number of benzene rings is 2. The number of hydrogen-bond acceptors (Lipinski definition) is 3. The van der Waals surface area contributed by atoms with Gasteiger partial charge in [0.25, 0.3) is 0 Å². The van der Waals surface area contributed by atoms with Crippen molar-refractivity contribution in [2.24, 2.45) is 5.92 Å². The van der Waals surface area contributed by atoms with Gasteiger partial charge in [0.15, 0.2) is 0 Å². The summed E-state index contributed by atoms with van der Waals surface area (Å²) in [5.41, 5.74) is 5.39. The van der Waals surface area contributed by atoms with Crippen molar-refractivity contribution in [3.05, 3.63) is 54.1 Å². The first-order valence-electron chi connectivity index (χ1n) is 10.0. The van der Waals surface area contributed by atoms with Gasteiger partial charge in [-0.25, -0.2) is 0 Å². The number of nitrogens with zero attached hydrogens (tertiary/aromatic N) is 1. The number of aliphatic hydroxyl groups is 1. The summed E-state index contributed by atoms with van der Waals surface area (Å²) in [6, 6.07) is 18.6. The molecule has 0 radical (unpaired) electrons. The van der Waals surface area contributed by atoms with Crippen LogP contribution in [0.15, 0.2) is 48.5 Å². The van der Waals surface area contributed by atoms with Crippen LogP contribution in [-0.4, -0.2) is 36.9 Å². The lowest BCUT2D eigenvalue weighted by Crippen LogP contribution is -2.53. The summed E-state index contributed by atoms with van der Waals surface area (Å²) < 4.78 is 0. The number of nitrogens with one attached hydrogen (secondary N) is 1. The van der Waals surface area contributed by atoms with Gasteiger partial charge < -0.3 is 15.3 Å². The monoisotopic (exact) mass is 350 g/mol. The van der Waals surface area contributed by atoms with Crippen LogP contribution in [0.1, 0.15) is 31.2 Å². The second-order valence-corrected chi connectivity index (χ2v) is 7.88. The third-order valence-corrected chi connectivity index (χ3v) is 6.23. The van der Waals surface area contributed by atoms with Crippen LogP contribution >= 0.6 is 0 Å². The van der Waals surface area contributed by atoms with E-state index in [0.29, 0.717) is 24.6 Å². The zero-order valence-electron chi connectivity index (χ0n) is 15.7. The molecule has 138 valence electrons. The average molecular weight is 351 g/mol. The van der Waals surface area contributed by atoms with E-state index in [1.54, 1.807) is 0 Å². The summed E-state index contributed by atoms with van der Waals surface area (Å²) in [6.07, 6.45) is 4.65. The molecule has 0 spiro atoms. The van der Waals surface area contributed by atoms with Crippen LogP contribution in [0.4, 0.5) is 5.69 Å². The Morgan fingerprint density at radius 2 is 1.69 bits per heavy atom. The first-order valence-corrected chi connectivity index (χ1v) is 10.0. The lowest BCUT2D eigenvalue weighted by atomic mass is 9.78. The zero-order chi connectivity index (χ0) is 17.9. The fourth-order valence-electron chi connectivity index (χ4n) is 4.69. The number of anilines is 1. The molecule has 3 nitrogen and oxygen atoms in total. The van der Waals surface area contributed by atoms with Gasteiger partial charge in [-0.3, -0.25) is 0 Å². The highest BCUT2D eigenvalue weighted by molar-refractivity contribution is 5.74. The molecule has 1 saturated heterocycles. The summed E-state index contributed by atoms with van der Waals surface area (Å²) in [4.78, 5) is 2.70. The smallest absolute Gasteiger partial charge is 0.0460 e. The molecule has 3 heteroatoms. The van der Waals surface area contributed by atoms with E-state index < -0.39 is 0 Å². The van der Waals surface area contributed by atoms with Gasteiger partial charge in [-0.15, -0.1) is 0 Å². The van der Waals surface area contributed by atoms with Crippen LogP contribution in [-0.2, 0) is 0 Å². The Morgan fingerprint density at radius 1 is 0.962 bits per heavy atom. The van der Waals surface area contributed by atoms with E-state index in [1.165, 1.54) is 35.2 Å². The van der Waals surface area contributed by atoms with Crippen molar-refractivity contribution in [2.45, 2.75) is 44.7 Å². The maximum atomic E-state index is 9.49. The molecular formula is C23H30N2O. The molecule has 26 heavy (non-hydrogen) atoms. The third kappa shape index (κ3) is 3.38. The zero-order valence-corrected chi connectivity index (χ0v) is 15.7. The summed E-state index contributed by atoms with van der Waals surface area (Å²) in [6.45, 7) is 4.82. The van der Waals surface area contributed by atoms with E-state index in [0.717, 1.165) is 25.9 Å². The highest BCUT2D eigenvalue weighted by Crippen LogP contribution is 2.40. The summed E-state index contributed by atoms with van der Waals surface area (Å²) in [5, 5.41) is 13.0. The van der Waals surface area contributed by atoms with Gasteiger partial charge in [0, 0.05) is 24.4 Å². The maximum absolute atomic E-state index is 9.49. The summed E-state index contributed by atoms with van der Waals surface area (Å²) >= 11 is 0. The van der Waals surface area contributed by atoms with Crippen molar-refractivity contribution < 1.29 is 5.11 Å². The Bertz CT molecular complexity index is 718. The van der Waals surface area contributed by atoms with Gasteiger partial charge in [-0.1, -0.05) is 42.5 Å². The van der Waals surface area contributed by atoms with E-state index >= 15 is 0 Å². The molecule has 1 aliphatic carbocycles. The lowest BCUT2D eigenvalue weighted by molar-refractivity contribution is 0.133. The van der Waals surface area contributed by atoms with E-state index in [4.69, 9.17) is 0 Å². The van der Waals surface area contributed by atoms with Gasteiger partial charge in [-0.2, -0.15) is 0 Å². The minimum Gasteiger partial charge on any atom is -0.396 e. The second-order valence-electron chi connectivity index (χ2n) is 7.88. The molecule has 2 aromatic rings. The minimum atomic E-state index is 0.333. The highest BCUT2D eigenvalue weighted by atomic mass is 16.3. The van der Waals surface area contributed by atoms with Crippen molar-refractivity contribution in [3.63, 3.8) is 0 Å². The molecule has 1 aliphatic heterocycles. The molecule has 0 atom stereocenters. The van der Waals surface area contributed by atoms with Crippen LogP contribution in [0.3, 0.4) is 0 Å². The van der Waals surface area contributed by atoms with Crippen molar-refractivity contribution in [3.8, 4) is 11.1 Å². The van der Waals surface area contributed by atoms with Gasteiger partial charge in [0.1, 0.15) is 0 Å². The standard InChI is InChI=1S/C23H30N2O/c1-17-22(19-6-3-2-4-7-19)8-5-9-23(17)25(20-10-12-24-13-11-20)21-14-18(15-21)16-26/h2-9,18,20-21,24,26H,10-16H2,1H3. The topological polar surface area (TPSA) is 35.5 Å². The number of piperidine rings is 1. The van der Waals surface area contributed by atoms with Crippen molar-refractivity contribution >= 4 is 5.69 Å².